The Kier molecular flexibility index (Phi) is 4.31. The Morgan fingerprint density at radius 2 is 2.31 bits per heavy atom. The van der Waals surface area contributed by atoms with E-state index in [1.54, 1.807) is 37.2 Å². The number of para-hydroxylation sites is 1. The molecule has 0 amide bonds. The van der Waals surface area contributed by atoms with E-state index in [0.717, 1.165) is 0 Å². The highest BCUT2D eigenvalue weighted by molar-refractivity contribution is 5.70. The molecule has 1 rings (SSSR count). The van der Waals surface area contributed by atoms with E-state index in [1.165, 1.54) is 6.07 Å². The molecule has 0 aliphatic rings. The second kappa shape index (κ2) is 5.51. The van der Waals surface area contributed by atoms with E-state index in [9.17, 15) is 9.50 Å². The lowest BCUT2D eigenvalue weighted by Gasteiger charge is -2.27. The molecule has 1 atom stereocenters. The van der Waals surface area contributed by atoms with Gasteiger partial charge in [0.1, 0.15) is 12.0 Å². The molecule has 1 unspecified atom stereocenters. The van der Waals surface area contributed by atoms with Crippen LogP contribution >= 0.6 is 0 Å². The molecule has 1 aromatic carbocycles. The Hall–Kier alpha value is -1.55. The Morgan fingerprint density at radius 3 is 2.88 bits per heavy atom. The number of benzene rings is 1. The first-order valence-electron chi connectivity index (χ1n) is 5.09. The summed E-state index contributed by atoms with van der Waals surface area (Å²) in [5, 5.41) is 12.6. The molecule has 0 radical (unpaired) electrons. The molecule has 0 bridgehead atoms. The summed E-state index contributed by atoms with van der Waals surface area (Å²) in [6, 6.07) is 4.74. The number of nitrogens with one attached hydrogen (secondary N) is 1. The lowest BCUT2D eigenvalue weighted by molar-refractivity contribution is 0.178. The molecule has 0 aliphatic carbocycles. The second-order valence-electron chi connectivity index (χ2n) is 3.50. The highest BCUT2D eigenvalue weighted by Gasteiger charge is 2.15. The maximum atomic E-state index is 13.5. The van der Waals surface area contributed by atoms with Crippen molar-refractivity contribution < 1.29 is 9.50 Å². The minimum absolute atomic E-state index is 0.336. The average molecular weight is 224 g/mol. The highest BCUT2D eigenvalue weighted by atomic mass is 19.1. The van der Waals surface area contributed by atoms with E-state index >= 15 is 0 Å². The van der Waals surface area contributed by atoms with Crippen LogP contribution in [0.4, 0.5) is 15.8 Å². The van der Waals surface area contributed by atoms with Crippen molar-refractivity contribution >= 4 is 11.4 Å². The Morgan fingerprint density at radius 1 is 1.62 bits per heavy atom. The van der Waals surface area contributed by atoms with Crippen LogP contribution in [-0.4, -0.2) is 25.4 Å². The second-order valence-corrected chi connectivity index (χ2v) is 3.50. The van der Waals surface area contributed by atoms with Gasteiger partial charge in [-0.1, -0.05) is 12.1 Å². The van der Waals surface area contributed by atoms with Gasteiger partial charge in [0.05, 0.1) is 11.4 Å². The van der Waals surface area contributed by atoms with Gasteiger partial charge >= 0.3 is 0 Å². The Bertz CT molecular complexity index is 368. The third-order valence-electron chi connectivity index (χ3n) is 2.45. The molecule has 0 aliphatic heterocycles. The van der Waals surface area contributed by atoms with Crippen LogP contribution in [0.2, 0.25) is 0 Å². The molecule has 0 spiro atoms. The lowest BCUT2D eigenvalue weighted by atomic mass is 10.2. The lowest BCUT2D eigenvalue weighted by Crippen LogP contribution is -2.31. The van der Waals surface area contributed by atoms with E-state index in [1.807, 2.05) is 0 Å². The fourth-order valence-corrected chi connectivity index (χ4v) is 1.52. The van der Waals surface area contributed by atoms with Crippen molar-refractivity contribution in [2.75, 3.05) is 24.3 Å². The number of hydrogen-bond donors (Lipinski definition) is 2. The van der Waals surface area contributed by atoms with Gasteiger partial charge in [-0.05, 0) is 12.1 Å². The Balaban J connectivity index is 3.02. The van der Waals surface area contributed by atoms with Gasteiger partial charge in [-0.15, -0.1) is 6.58 Å². The quantitative estimate of drug-likeness (QED) is 0.594. The fraction of sp³-hybridized carbons (Fsp3) is 0.333. The predicted octanol–water partition coefficient (Wildman–Crippen LogP) is 2.20. The van der Waals surface area contributed by atoms with Crippen LogP contribution in [0.5, 0.6) is 0 Å². The van der Waals surface area contributed by atoms with Crippen molar-refractivity contribution in [2.24, 2.45) is 0 Å². The summed E-state index contributed by atoms with van der Waals surface area (Å²) in [4.78, 5) is 1.61. The van der Waals surface area contributed by atoms with Gasteiger partial charge in [0.2, 0.25) is 0 Å². The number of rotatable bonds is 5. The molecule has 0 saturated carbocycles. The molecule has 0 saturated heterocycles. The summed E-state index contributed by atoms with van der Waals surface area (Å²) in [6.45, 7) is 3.56. The molecular weight excluding hydrogens is 207 g/mol. The summed E-state index contributed by atoms with van der Waals surface area (Å²) >= 11 is 0. The summed E-state index contributed by atoms with van der Waals surface area (Å²) in [5.41, 5.74) is 1.00. The highest BCUT2D eigenvalue weighted by Crippen LogP contribution is 2.28. The number of halogens is 1. The first kappa shape index (κ1) is 12.5. The number of nitrogens with zero attached hydrogens (tertiary/aromatic N) is 1. The van der Waals surface area contributed by atoms with Gasteiger partial charge in [-0.3, -0.25) is 0 Å². The van der Waals surface area contributed by atoms with Crippen molar-refractivity contribution in [1.82, 2.24) is 0 Å². The zero-order valence-corrected chi connectivity index (χ0v) is 9.57. The smallest absolute Gasteiger partial charge is 0.148 e. The van der Waals surface area contributed by atoms with E-state index < -0.39 is 6.23 Å². The summed E-state index contributed by atoms with van der Waals surface area (Å²) < 4.78 is 13.5. The van der Waals surface area contributed by atoms with Gasteiger partial charge < -0.3 is 15.3 Å². The first-order valence-corrected chi connectivity index (χ1v) is 5.09. The van der Waals surface area contributed by atoms with Crippen LogP contribution in [-0.2, 0) is 0 Å². The zero-order chi connectivity index (χ0) is 12.1. The van der Waals surface area contributed by atoms with Crippen LogP contribution in [0.25, 0.3) is 0 Å². The van der Waals surface area contributed by atoms with E-state index in [-0.39, 0.29) is 5.82 Å². The van der Waals surface area contributed by atoms with E-state index in [2.05, 4.69) is 11.9 Å². The molecule has 16 heavy (non-hydrogen) atoms. The standard InChI is InChI=1S/C12H17FN2O/c1-4-6-11(16)15(3)10-8-5-7-9(13)12(10)14-2/h4-5,7-8,11,14,16H,1,6H2,2-3H3. The third-order valence-corrected chi connectivity index (χ3v) is 2.45. The van der Waals surface area contributed by atoms with Crippen LogP contribution in [0.15, 0.2) is 30.9 Å². The van der Waals surface area contributed by atoms with Gasteiger partial charge in [0, 0.05) is 20.5 Å². The zero-order valence-electron chi connectivity index (χ0n) is 9.57. The van der Waals surface area contributed by atoms with Crippen molar-refractivity contribution in [2.45, 2.75) is 12.6 Å². The molecule has 2 N–H and O–H groups in total. The molecule has 0 aromatic heterocycles. The maximum Gasteiger partial charge on any atom is 0.148 e. The fourth-order valence-electron chi connectivity index (χ4n) is 1.52. The molecule has 88 valence electrons. The van der Waals surface area contributed by atoms with Crippen LogP contribution in [0.3, 0.4) is 0 Å². The monoisotopic (exact) mass is 224 g/mol. The van der Waals surface area contributed by atoms with Crippen LogP contribution in [0.1, 0.15) is 6.42 Å². The first-order chi connectivity index (χ1) is 7.61. The van der Waals surface area contributed by atoms with Gasteiger partial charge in [-0.2, -0.15) is 0 Å². The maximum absolute atomic E-state index is 13.5. The number of aliphatic hydroxyl groups is 1. The topological polar surface area (TPSA) is 35.5 Å². The van der Waals surface area contributed by atoms with E-state index in [4.69, 9.17) is 0 Å². The average Bonchev–Trinajstić information content (AvgIpc) is 2.28. The minimum Gasteiger partial charge on any atom is -0.384 e. The largest absolute Gasteiger partial charge is 0.384 e. The molecule has 0 heterocycles. The minimum atomic E-state index is -0.702. The van der Waals surface area contributed by atoms with Crippen molar-refractivity contribution in [1.29, 1.82) is 0 Å². The SMILES string of the molecule is C=CCC(O)N(C)c1cccc(F)c1NC. The molecule has 4 heteroatoms. The van der Waals surface area contributed by atoms with Gasteiger partial charge in [-0.25, -0.2) is 4.39 Å². The number of anilines is 2. The van der Waals surface area contributed by atoms with Gasteiger partial charge in [0.25, 0.3) is 0 Å². The third kappa shape index (κ3) is 2.52. The summed E-state index contributed by atoms with van der Waals surface area (Å²) in [6.07, 6.45) is 1.35. The van der Waals surface area contributed by atoms with Crippen molar-refractivity contribution in [3.63, 3.8) is 0 Å². The Labute approximate surface area is 95.2 Å². The van der Waals surface area contributed by atoms with E-state index in [0.29, 0.717) is 17.8 Å². The predicted molar refractivity (Wildman–Crippen MR) is 65.2 cm³/mol. The normalized spacial score (nSPS) is 12.0. The van der Waals surface area contributed by atoms with Crippen molar-refractivity contribution in [3.05, 3.63) is 36.7 Å². The van der Waals surface area contributed by atoms with Gasteiger partial charge in [0.15, 0.2) is 0 Å². The molecule has 1 aromatic rings. The van der Waals surface area contributed by atoms with Crippen molar-refractivity contribution in [3.8, 4) is 0 Å². The number of aliphatic hydroxyl groups excluding tert-OH is 1. The molecular formula is C12H17FN2O. The number of hydrogen-bond acceptors (Lipinski definition) is 3. The molecule has 0 fully saturated rings. The summed E-state index contributed by atoms with van der Waals surface area (Å²) in [7, 11) is 3.36. The summed E-state index contributed by atoms with van der Waals surface area (Å²) in [5.74, 6) is -0.336. The molecule has 3 nitrogen and oxygen atoms in total. The van der Waals surface area contributed by atoms with Crippen LogP contribution in [0, 0.1) is 5.82 Å². The van der Waals surface area contributed by atoms with Crippen LogP contribution < -0.4 is 10.2 Å².